The molecule has 1 amide bonds. The fraction of sp³-hybridized carbons (Fsp3) is 0.500. The Balaban J connectivity index is 3.15. The van der Waals surface area contributed by atoms with E-state index in [2.05, 4.69) is 0 Å². The van der Waals surface area contributed by atoms with Crippen LogP contribution in [0.25, 0.3) is 0 Å². The van der Waals surface area contributed by atoms with Gasteiger partial charge in [-0.2, -0.15) is 0 Å². The standard InChI is InChI=1S/C14H20ClNO4/c1-5-7-20-13-11(15)8-10(9-12(13)19-6-2)14(17)16(3)18-4/h8-9H,5-7H2,1-4H3. The molecule has 20 heavy (non-hydrogen) atoms. The average molecular weight is 302 g/mol. The lowest BCUT2D eigenvalue weighted by Crippen LogP contribution is -2.25. The van der Waals surface area contributed by atoms with Crippen LogP contribution in [0, 0.1) is 0 Å². The fourth-order valence-electron chi connectivity index (χ4n) is 1.56. The first kappa shape index (κ1) is 16.6. The SMILES string of the molecule is CCCOc1c(Cl)cc(C(=O)N(C)OC)cc1OCC. The number of nitrogens with zero attached hydrogens (tertiary/aromatic N) is 1. The highest BCUT2D eigenvalue weighted by atomic mass is 35.5. The van der Waals surface area contributed by atoms with Gasteiger partial charge in [-0.3, -0.25) is 9.63 Å². The number of carbonyl (C=O) groups excluding carboxylic acids is 1. The third-order valence-corrected chi connectivity index (χ3v) is 2.85. The summed E-state index contributed by atoms with van der Waals surface area (Å²) >= 11 is 6.18. The first-order chi connectivity index (χ1) is 9.54. The molecule has 0 N–H and O–H groups in total. The molecule has 0 aliphatic rings. The Morgan fingerprint density at radius 1 is 1.30 bits per heavy atom. The Kier molecular flexibility index (Phi) is 6.61. The third-order valence-electron chi connectivity index (χ3n) is 2.57. The van der Waals surface area contributed by atoms with Gasteiger partial charge >= 0.3 is 0 Å². The number of benzene rings is 1. The molecule has 0 unspecified atom stereocenters. The van der Waals surface area contributed by atoms with Crippen molar-refractivity contribution in [3.8, 4) is 11.5 Å². The maximum Gasteiger partial charge on any atom is 0.277 e. The molecule has 0 bridgehead atoms. The molecule has 6 heteroatoms. The molecule has 5 nitrogen and oxygen atoms in total. The van der Waals surface area contributed by atoms with Crippen molar-refractivity contribution in [2.75, 3.05) is 27.4 Å². The highest BCUT2D eigenvalue weighted by Gasteiger charge is 2.18. The Morgan fingerprint density at radius 3 is 2.55 bits per heavy atom. The summed E-state index contributed by atoms with van der Waals surface area (Å²) in [7, 11) is 2.94. The predicted molar refractivity (Wildman–Crippen MR) is 77.5 cm³/mol. The van der Waals surface area contributed by atoms with Crippen LogP contribution in [0.4, 0.5) is 0 Å². The molecule has 1 aromatic rings. The van der Waals surface area contributed by atoms with Gasteiger partial charge in [0.2, 0.25) is 0 Å². The number of hydrogen-bond donors (Lipinski definition) is 0. The molecule has 112 valence electrons. The molecule has 0 spiro atoms. The lowest BCUT2D eigenvalue weighted by atomic mass is 10.2. The largest absolute Gasteiger partial charge is 0.490 e. The van der Waals surface area contributed by atoms with Crippen LogP contribution in [0.2, 0.25) is 5.02 Å². The Hall–Kier alpha value is -1.46. The zero-order valence-corrected chi connectivity index (χ0v) is 13.0. The highest BCUT2D eigenvalue weighted by Crippen LogP contribution is 2.37. The Morgan fingerprint density at radius 2 is 2.00 bits per heavy atom. The minimum Gasteiger partial charge on any atom is -0.490 e. The van der Waals surface area contributed by atoms with E-state index in [4.69, 9.17) is 25.9 Å². The monoisotopic (exact) mass is 301 g/mol. The maximum absolute atomic E-state index is 12.1. The van der Waals surface area contributed by atoms with Crippen LogP contribution in [0.5, 0.6) is 11.5 Å². The number of hydroxylamine groups is 2. The van der Waals surface area contributed by atoms with Gasteiger partial charge in [0.15, 0.2) is 11.5 Å². The number of halogens is 1. The second kappa shape index (κ2) is 7.97. The number of hydrogen-bond acceptors (Lipinski definition) is 4. The van der Waals surface area contributed by atoms with Crippen molar-refractivity contribution in [2.45, 2.75) is 20.3 Å². The lowest BCUT2D eigenvalue weighted by molar-refractivity contribution is -0.0757. The minimum atomic E-state index is -0.308. The summed E-state index contributed by atoms with van der Waals surface area (Å²) in [4.78, 5) is 16.9. The van der Waals surface area contributed by atoms with Gasteiger partial charge in [0.05, 0.1) is 25.3 Å². The van der Waals surface area contributed by atoms with Crippen LogP contribution in [-0.2, 0) is 4.84 Å². The summed E-state index contributed by atoms with van der Waals surface area (Å²) in [6, 6.07) is 3.16. The van der Waals surface area contributed by atoms with Crippen molar-refractivity contribution in [1.29, 1.82) is 0 Å². The molecular formula is C14H20ClNO4. The van der Waals surface area contributed by atoms with Crippen molar-refractivity contribution < 1.29 is 19.1 Å². The quantitative estimate of drug-likeness (QED) is 0.726. The van der Waals surface area contributed by atoms with E-state index in [1.54, 1.807) is 12.1 Å². The van der Waals surface area contributed by atoms with Crippen LogP contribution < -0.4 is 9.47 Å². The molecule has 1 rings (SSSR count). The predicted octanol–water partition coefficient (Wildman–Crippen LogP) is 3.16. The minimum absolute atomic E-state index is 0.308. The number of amides is 1. The van der Waals surface area contributed by atoms with Crippen molar-refractivity contribution in [1.82, 2.24) is 5.06 Å². The summed E-state index contributed by atoms with van der Waals surface area (Å²) in [5.74, 6) is 0.616. The molecule has 0 saturated heterocycles. The van der Waals surface area contributed by atoms with Gasteiger partial charge in [-0.1, -0.05) is 18.5 Å². The summed E-state index contributed by atoms with van der Waals surface area (Å²) in [6.45, 7) is 4.84. The zero-order valence-electron chi connectivity index (χ0n) is 12.2. The number of rotatable bonds is 7. The van der Waals surface area contributed by atoms with Crippen molar-refractivity contribution >= 4 is 17.5 Å². The third kappa shape index (κ3) is 4.02. The van der Waals surface area contributed by atoms with Gasteiger partial charge in [0.1, 0.15) is 0 Å². The van der Waals surface area contributed by atoms with E-state index in [1.807, 2.05) is 13.8 Å². The van der Waals surface area contributed by atoms with Gasteiger partial charge in [-0.15, -0.1) is 0 Å². The Labute approximate surface area is 124 Å². The summed E-state index contributed by atoms with van der Waals surface area (Å²) in [5.41, 5.74) is 0.381. The molecule has 1 aromatic carbocycles. The van der Waals surface area contributed by atoms with Crippen LogP contribution in [-0.4, -0.2) is 38.3 Å². The lowest BCUT2D eigenvalue weighted by Gasteiger charge is -2.17. The first-order valence-corrected chi connectivity index (χ1v) is 6.84. The summed E-state index contributed by atoms with van der Waals surface area (Å²) < 4.78 is 11.1. The molecule has 0 heterocycles. The van der Waals surface area contributed by atoms with Gasteiger partial charge in [0, 0.05) is 12.6 Å². The molecular weight excluding hydrogens is 282 g/mol. The van der Waals surface area contributed by atoms with E-state index >= 15 is 0 Å². The number of carbonyl (C=O) groups is 1. The highest BCUT2D eigenvalue weighted by molar-refractivity contribution is 6.32. The zero-order chi connectivity index (χ0) is 15.1. The first-order valence-electron chi connectivity index (χ1n) is 6.46. The molecule has 0 fully saturated rings. The van der Waals surface area contributed by atoms with E-state index in [0.29, 0.717) is 35.3 Å². The van der Waals surface area contributed by atoms with E-state index in [1.165, 1.54) is 14.2 Å². The van der Waals surface area contributed by atoms with Gasteiger partial charge in [-0.05, 0) is 25.5 Å². The number of ether oxygens (including phenoxy) is 2. The molecule has 0 radical (unpaired) electrons. The average Bonchev–Trinajstić information content (AvgIpc) is 2.44. The molecule has 0 aromatic heterocycles. The van der Waals surface area contributed by atoms with E-state index in [9.17, 15) is 4.79 Å². The Bertz CT molecular complexity index is 465. The van der Waals surface area contributed by atoms with E-state index in [0.717, 1.165) is 11.5 Å². The van der Waals surface area contributed by atoms with E-state index in [-0.39, 0.29) is 5.91 Å². The molecule has 0 saturated carbocycles. The van der Waals surface area contributed by atoms with Gasteiger partial charge < -0.3 is 9.47 Å². The van der Waals surface area contributed by atoms with Crippen LogP contribution in [0.15, 0.2) is 12.1 Å². The van der Waals surface area contributed by atoms with E-state index < -0.39 is 0 Å². The summed E-state index contributed by atoms with van der Waals surface area (Å²) in [5, 5.41) is 1.46. The van der Waals surface area contributed by atoms with Crippen molar-refractivity contribution in [3.63, 3.8) is 0 Å². The van der Waals surface area contributed by atoms with Crippen molar-refractivity contribution in [3.05, 3.63) is 22.7 Å². The molecule has 0 aliphatic heterocycles. The van der Waals surface area contributed by atoms with Crippen LogP contribution in [0.1, 0.15) is 30.6 Å². The second-order valence-electron chi connectivity index (χ2n) is 4.05. The van der Waals surface area contributed by atoms with Gasteiger partial charge in [-0.25, -0.2) is 5.06 Å². The molecule has 0 atom stereocenters. The second-order valence-corrected chi connectivity index (χ2v) is 4.46. The van der Waals surface area contributed by atoms with Gasteiger partial charge in [0.25, 0.3) is 5.91 Å². The topological polar surface area (TPSA) is 48.0 Å². The van der Waals surface area contributed by atoms with Crippen LogP contribution >= 0.6 is 11.6 Å². The summed E-state index contributed by atoms with van der Waals surface area (Å²) in [6.07, 6.45) is 0.856. The maximum atomic E-state index is 12.1. The van der Waals surface area contributed by atoms with Crippen molar-refractivity contribution in [2.24, 2.45) is 0 Å². The fourth-order valence-corrected chi connectivity index (χ4v) is 1.83. The smallest absolute Gasteiger partial charge is 0.277 e. The van der Waals surface area contributed by atoms with Crippen LogP contribution in [0.3, 0.4) is 0 Å². The normalized spacial score (nSPS) is 10.2. The molecule has 0 aliphatic carbocycles.